The zero-order valence-electron chi connectivity index (χ0n) is 14.4. The molecule has 1 N–H and O–H groups in total. The minimum atomic E-state index is -3.48. The minimum Gasteiger partial charge on any atom is -0.496 e. The first-order valence-corrected chi connectivity index (χ1v) is 9.86. The van der Waals surface area contributed by atoms with Gasteiger partial charge < -0.3 is 10.1 Å². The summed E-state index contributed by atoms with van der Waals surface area (Å²) in [5, 5.41) is 2.74. The Balaban J connectivity index is 2.22. The standard InChI is InChI=1S/C17H26N2O4S/c1-3-18-17(20)10-7-14-13-15(8-9-16(14)23-2)24(21,22)19-11-5-4-6-12-19/h8-9,13H,3-7,10-12H2,1-2H3,(H,18,20). The molecule has 1 aliphatic rings. The summed E-state index contributed by atoms with van der Waals surface area (Å²) in [5.41, 5.74) is 0.738. The molecule has 1 heterocycles. The van der Waals surface area contributed by atoms with Gasteiger partial charge in [0.15, 0.2) is 0 Å². The molecule has 24 heavy (non-hydrogen) atoms. The molecule has 2 rings (SSSR count). The van der Waals surface area contributed by atoms with Crippen LogP contribution < -0.4 is 10.1 Å². The average Bonchev–Trinajstić information content (AvgIpc) is 2.60. The molecule has 0 spiro atoms. The van der Waals surface area contributed by atoms with Crippen LogP contribution in [0.4, 0.5) is 0 Å². The van der Waals surface area contributed by atoms with Crippen molar-refractivity contribution in [2.24, 2.45) is 0 Å². The molecule has 1 saturated heterocycles. The van der Waals surface area contributed by atoms with E-state index in [0.717, 1.165) is 24.8 Å². The second kappa shape index (κ2) is 8.48. The van der Waals surface area contributed by atoms with Crippen molar-refractivity contribution >= 4 is 15.9 Å². The van der Waals surface area contributed by atoms with E-state index in [1.165, 1.54) is 0 Å². The number of aryl methyl sites for hydroxylation is 1. The van der Waals surface area contributed by atoms with Gasteiger partial charge in [0.2, 0.25) is 15.9 Å². The van der Waals surface area contributed by atoms with Crippen LogP contribution in [-0.4, -0.2) is 45.4 Å². The summed E-state index contributed by atoms with van der Waals surface area (Å²) >= 11 is 0. The molecule has 1 aliphatic heterocycles. The summed E-state index contributed by atoms with van der Waals surface area (Å²) in [4.78, 5) is 11.9. The lowest BCUT2D eigenvalue weighted by Gasteiger charge is -2.26. The summed E-state index contributed by atoms with van der Waals surface area (Å²) < 4.78 is 32.4. The number of nitrogens with zero attached hydrogens (tertiary/aromatic N) is 1. The SMILES string of the molecule is CCNC(=O)CCc1cc(S(=O)(=O)N2CCCCC2)ccc1OC. The topological polar surface area (TPSA) is 75.7 Å². The van der Waals surface area contributed by atoms with Crippen LogP contribution in [-0.2, 0) is 21.2 Å². The van der Waals surface area contributed by atoms with Gasteiger partial charge in [-0.1, -0.05) is 6.42 Å². The molecule has 0 unspecified atom stereocenters. The molecule has 1 amide bonds. The maximum absolute atomic E-state index is 12.8. The number of piperidine rings is 1. The number of carbonyl (C=O) groups is 1. The Morgan fingerprint density at radius 1 is 1.25 bits per heavy atom. The van der Waals surface area contributed by atoms with Crippen LogP contribution in [0.5, 0.6) is 5.75 Å². The van der Waals surface area contributed by atoms with E-state index in [2.05, 4.69) is 5.32 Å². The number of nitrogens with one attached hydrogen (secondary N) is 1. The van der Waals surface area contributed by atoms with E-state index in [1.807, 2.05) is 6.92 Å². The third-order valence-electron chi connectivity index (χ3n) is 4.20. The van der Waals surface area contributed by atoms with Crippen LogP contribution >= 0.6 is 0 Å². The fourth-order valence-electron chi connectivity index (χ4n) is 2.90. The third-order valence-corrected chi connectivity index (χ3v) is 6.09. The van der Waals surface area contributed by atoms with Crippen molar-refractivity contribution in [3.63, 3.8) is 0 Å². The van der Waals surface area contributed by atoms with E-state index in [9.17, 15) is 13.2 Å². The van der Waals surface area contributed by atoms with Crippen molar-refractivity contribution in [2.75, 3.05) is 26.7 Å². The highest BCUT2D eigenvalue weighted by Gasteiger charge is 2.26. The Hall–Kier alpha value is -1.60. The quantitative estimate of drug-likeness (QED) is 0.812. The van der Waals surface area contributed by atoms with Gasteiger partial charge in [-0.05, 0) is 49.9 Å². The summed E-state index contributed by atoms with van der Waals surface area (Å²) in [7, 11) is -1.94. The molecular weight excluding hydrogens is 328 g/mol. The highest BCUT2D eigenvalue weighted by atomic mass is 32.2. The molecular formula is C17H26N2O4S. The number of methoxy groups -OCH3 is 1. The van der Waals surface area contributed by atoms with Gasteiger partial charge >= 0.3 is 0 Å². The normalized spacial score (nSPS) is 15.9. The Kier molecular flexibility index (Phi) is 6.62. The largest absolute Gasteiger partial charge is 0.496 e. The summed E-state index contributed by atoms with van der Waals surface area (Å²) in [6, 6.07) is 4.89. The fraction of sp³-hybridized carbons (Fsp3) is 0.588. The Labute approximate surface area is 144 Å². The lowest BCUT2D eigenvalue weighted by Crippen LogP contribution is -2.35. The number of amides is 1. The van der Waals surface area contributed by atoms with Gasteiger partial charge in [0.05, 0.1) is 12.0 Å². The van der Waals surface area contributed by atoms with E-state index in [4.69, 9.17) is 4.74 Å². The van der Waals surface area contributed by atoms with Gasteiger partial charge in [-0.2, -0.15) is 4.31 Å². The molecule has 0 aliphatic carbocycles. The summed E-state index contributed by atoms with van der Waals surface area (Å²) in [5.74, 6) is 0.556. The third kappa shape index (κ3) is 4.48. The predicted molar refractivity (Wildman–Crippen MR) is 92.6 cm³/mol. The zero-order valence-corrected chi connectivity index (χ0v) is 15.2. The number of hydrogen-bond acceptors (Lipinski definition) is 4. The van der Waals surface area contributed by atoms with E-state index < -0.39 is 10.0 Å². The maximum Gasteiger partial charge on any atom is 0.243 e. The lowest BCUT2D eigenvalue weighted by atomic mass is 10.1. The van der Waals surface area contributed by atoms with Crippen LogP contribution in [0.2, 0.25) is 0 Å². The monoisotopic (exact) mass is 354 g/mol. The molecule has 134 valence electrons. The fourth-order valence-corrected chi connectivity index (χ4v) is 4.47. The predicted octanol–water partition coefficient (Wildman–Crippen LogP) is 1.94. The van der Waals surface area contributed by atoms with Gasteiger partial charge in [-0.25, -0.2) is 8.42 Å². The molecule has 0 bridgehead atoms. The van der Waals surface area contributed by atoms with Crippen molar-refractivity contribution in [3.8, 4) is 5.75 Å². The first kappa shape index (κ1) is 18.7. The molecule has 7 heteroatoms. The van der Waals surface area contributed by atoms with E-state index in [0.29, 0.717) is 38.2 Å². The van der Waals surface area contributed by atoms with E-state index in [-0.39, 0.29) is 10.8 Å². The number of rotatable bonds is 7. The molecule has 1 aromatic carbocycles. The second-order valence-corrected chi connectivity index (χ2v) is 7.83. The van der Waals surface area contributed by atoms with Gasteiger partial charge in [-0.3, -0.25) is 4.79 Å². The minimum absolute atomic E-state index is 0.0520. The van der Waals surface area contributed by atoms with Gasteiger partial charge in [0, 0.05) is 26.1 Å². The molecule has 6 nitrogen and oxygen atoms in total. The molecule has 0 aromatic heterocycles. The van der Waals surface area contributed by atoms with Crippen LogP contribution in [0.3, 0.4) is 0 Å². The van der Waals surface area contributed by atoms with Gasteiger partial charge in [0.25, 0.3) is 0 Å². The Morgan fingerprint density at radius 3 is 2.58 bits per heavy atom. The highest BCUT2D eigenvalue weighted by Crippen LogP contribution is 2.27. The number of hydrogen-bond donors (Lipinski definition) is 1. The van der Waals surface area contributed by atoms with Gasteiger partial charge in [-0.15, -0.1) is 0 Å². The van der Waals surface area contributed by atoms with Gasteiger partial charge in [0.1, 0.15) is 5.75 Å². The van der Waals surface area contributed by atoms with Crippen molar-refractivity contribution in [1.82, 2.24) is 9.62 Å². The van der Waals surface area contributed by atoms with Crippen molar-refractivity contribution in [3.05, 3.63) is 23.8 Å². The second-order valence-electron chi connectivity index (χ2n) is 5.89. The van der Waals surface area contributed by atoms with Crippen LogP contribution in [0.1, 0.15) is 38.2 Å². The lowest BCUT2D eigenvalue weighted by molar-refractivity contribution is -0.120. The molecule has 0 atom stereocenters. The number of sulfonamides is 1. The van der Waals surface area contributed by atoms with Crippen molar-refractivity contribution in [2.45, 2.75) is 43.9 Å². The Bertz CT molecular complexity index is 667. The van der Waals surface area contributed by atoms with Crippen LogP contribution in [0.15, 0.2) is 23.1 Å². The summed E-state index contributed by atoms with van der Waals surface area (Å²) in [6.45, 7) is 3.59. The summed E-state index contributed by atoms with van der Waals surface area (Å²) in [6.07, 6.45) is 3.63. The first-order valence-electron chi connectivity index (χ1n) is 8.42. The smallest absolute Gasteiger partial charge is 0.243 e. The van der Waals surface area contributed by atoms with Crippen LogP contribution in [0.25, 0.3) is 0 Å². The van der Waals surface area contributed by atoms with E-state index >= 15 is 0 Å². The first-order chi connectivity index (χ1) is 11.5. The van der Waals surface area contributed by atoms with Crippen LogP contribution in [0, 0.1) is 0 Å². The zero-order chi connectivity index (χ0) is 17.6. The maximum atomic E-state index is 12.8. The van der Waals surface area contributed by atoms with E-state index in [1.54, 1.807) is 29.6 Å². The highest BCUT2D eigenvalue weighted by molar-refractivity contribution is 7.89. The molecule has 0 radical (unpaired) electrons. The molecule has 1 aromatic rings. The Morgan fingerprint density at radius 2 is 1.96 bits per heavy atom. The van der Waals surface area contributed by atoms with Crippen molar-refractivity contribution < 1.29 is 17.9 Å². The number of benzene rings is 1. The average molecular weight is 354 g/mol. The number of ether oxygens (including phenoxy) is 1. The molecule has 0 saturated carbocycles. The molecule has 1 fully saturated rings. The number of carbonyl (C=O) groups excluding carboxylic acids is 1. The van der Waals surface area contributed by atoms with Crippen molar-refractivity contribution in [1.29, 1.82) is 0 Å².